The minimum Gasteiger partial charge on any atom is -0.371 e. The summed E-state index contributed by atoms with van der Waals surface area (Å²) in [5, 5.41) is 0. The Morgan fingerprint density at radius 2 is 1.65 bits per heavy atom. The van der Waals surface area contributed by atoms with Gasteiger partial charge in [0, 0.05) is 49.1 Å². The number of benzene rings is 2. The molecule has 3 rings (SSSR count). The van der Waals surface area contributed by atoms with E-state index >= 15 is 0 Å². The smallest absolute Gasteiger partial charge is 0.0397 e. The molecule has 26 heavy (non-hydrogen) atoms. The van der Waals surface area contributed by atoms with Gasteiger partial charge < -0.3 is 9.80 Å². The summed E-state index contributed by atoms with van der Waals surface area (Å²) in [6, 6.07) is 19.5. The van der Waals surface area contributed by atoms with Crippen LogP contribution in [0.4, 0.5) is 5.69 Å². The second-order valence-corrected chi connectivity index (χ2v) is 7.83. The van der Waals surface area contributed by atoms with Gasteiger partial charge in [0.05, 0.1) is 0 Å². The summed E-state index contributed by atoms with van der Waals surface area (Å²) in [7, 11) is 0. The predicted octanol–water partition coefficient (Wildman–Crippen LogP) is 5.34. The van der Waals surface area contributed by atoms with Gasteiger partial charge in [0.2, 0.25) is 0 Å². The SMILES string of the molecule is CCC=C(CSCc1ccccc1)N1CCN(c2ccccc2C)CC1. The molecule has 1 aliphatic heterocycles. The molecule has 0 N–H and O–H groups in total. The highest BCUT2D eigenvalue weighted by Gasteiger charge is 2.19. The third kappa shape index (κ3) is 5.07. The van der Waals surface area contributed by atoms with Crippen LogP contribution in [0.2, 0.25) is 0 Å². The van der Waals surface area contributed by atoms with Crippen LogP contribution in [0.25, 0.3) is 0 Å². The maximum absolute atomic E-state index is 2.59. The zero-order chi connectivity index (χ0) is 18.2. The Balaban J connectivity index is 1.53. The molecule has 1 aliphatic rings. The summed E-state index contributed by atoms with van der Waals surface area (Å²) in [6.07, 6.45) is 3.53. The Hall–Kier alpha value is -1.87. The second-order valence-electron chi connectivity index (χ2n) is 6.84. The number of allylic oxidation sites excluding steroid dienone is 1. The number of aryl methyl sites for hydroxylation is 1. The van der Waals surface area contributed by atoms with Crippen molar-refractivity contribution in [1.29, 1.82) is 0 Å². The van der Waals surface area contributed by atoms with Crippen LogP contribution in [0.3, 0.4) is 0 Å². The largest absolute Gasteiger partial charge is 0.371 e. The summed E-state index contributed by atoms with van der Waals surface area (Å²) >= 11 is 2.02. The molecule has 0 aliphatic carbocycles. The summed E-state index contributed by atoms with van der Waals surface area (Å²) in [4.78, 5) is 5.13. The van der Waals surface area contributed by atoms with E-state index in [1.165, 1.54) is 22.5 Å². The van der Waals surface area contributed by atoms with Crippen molar-refractivity contribution in [2.24, 2.45) is 0 Å². The lowest BCUT2D eigenvalue weighted by Crippen LogP contribution is -2.46. The minimum atomic E-state index is 1.09. The molecule has 0 spiro atoms. The average molecular weight is 367 g/mol. The van der Waals surface area contributed by atoms with Crippen LogP contribution >= 0.6 is 11.8 Å². The lowest BCUT2D eigenvalue weighted by molar-refractivity contribution is 0.322. The average Bonchev–Trinajstić information content (AvgIpc) is 2.69. The maximum atomic E-state index is 2.59. The topological polar surface area (TPSA) is 6.48 Å². The van der Waals surface area contributed by atoms with Gasteiger partial charge in [-0.05, 0) is 30.5 Å². The summed E-state index contributed by atoms with van der Waals surface area (Å²) in [5.74, 6) is 2.19. The van der Waals surface area contributed by atoms with Crippen LogP contribution in [0.1, 0.15) is 24.5 Å². The van der Waals surface area contributed by atoms with Crippen molar-refractivity contribution in [1.82, 2.24) is 4.90 Å². The van der Waals surface area contributed by atoms with Crippen molar-refractivity contribution in [3.63, 3.8) is 0 Å². The van der Waals surface area contributed by atoms with Gasteiger partial charge in [-0.15, -0.1) is 0 Å². The lowest BCUT2D eigenvalue weighted by atomic mass is 10.1. The van der Waals surface area contributed by atoms with E-state index in [-0.39, 0.29) is 0 Å². The van der Waals surface area contributed by atoms with Crippen molar-refractivity contribution in [3.05, 3.63) is 77.5 Å². The van der Waals surface area contributed by atoms with E-state index in [0.29, 0.717) is 0 Å². The molecule has 0 amide bonds. The highest BCUT2D eigenvalue weighted by Crippen LogP contribution is 2.24. The molecule has 1 saturated heterocycles. The van der Waals surface area contributed by atoms with Gasteiger partial charge in [-0.2, -0.15) is 11.8 Å². The standard InChI is InChI=1S/C23H30N2S/c1-3-9-22(19-26-18-21-11-5-4-6-12-21)24-14-16-25(17-15-24)23-13-8-7-10-20(23)2/h4-13H,3,14-19H2,1-2H3. The molecular weight excluding hydrogens is 336 g/mol. The maximum Gasteiger partial charge on any atom is 0.0397 e. The van der Waals surface area contributed by atoms with Crippen molar-refractivity contribution >= 4 is 17.4 Å². The van der Waals surface area contributed by atoms with Gasteiger partial charge in [0.1, 0.15) is 0 Å². The summed E-state index contributed by atoms with van der Waals surface area (Å²) in [6.45, 7) is 8.90. The van der Waals surface area contributed by atoms with Crippen LogP contribution in [-0.2, 0) is 5.75 Å². The highest BCUT2D eigenvalue weighted by atomic mass is 32.2. The third-order valence-corrected chi connectivity index (χ3v) is 5.98. The van der Waals surface area contributed by atoms with E-state index in [2.05, 4.69) is 84.3 Å². The van der Waals surface area contributed by atoms with Gasteiger partial charge in [-0.3, -0.25) is 0 Å². The number of hydrogen-bond donors (Lipinski definition) is 0. The molecule has 3 heteroatoms. The van der Waals surface area contributed by atoms with Gasteiger partial charge in [0.15, 0.2) is 0 Å². The van der Waals surface area contributed by atoms with Crippen molar-refractivity contribution in [3.8, 4) is 0 Å². The van der Waals surface area contributed by atoms with Crippen LogP contribution in [-0.4, -0.2) is 36.8 Å². The lowest BCUT2D eigenvalue weighted by Gasteiger charge is -2.39. The number of piperazine rings is 1. The number of anilines is 1. The fourth-order valence-electron chi connectivity index (χ4n) is 3.52. The zero-order valence-electron chi connectivity index (χ0n) is 16.0. The molecule has 2 aromatic rings. The van der Waals surface area contributed by atoms with Gasteiger partial charge in [0.25, 0.3) is 0 Å². The minimum absolute atomic E-state index is 1.09. The van der Waals surface area contributed by atoms with Crippen LogP contribution in [0, 0.1) is 6.92 Å². The second kappa shape index (κ2) is 9.72. The van der Waals surface area contributed by atoms with Crippen molar-refractivity contribution in [2.75, 3.05) is 36.8 Å². The number of thioether (sulfide) groups is 1. The van der Waals surface area contributed by atoms with Crippen LogP contribution in [0.5, 0.6) is 0 Å². The third-order valence-electron chi connectivity index (χ3n) is 4.94. The first-order valence-electron chi connectivity index (χ1n) is 9.64. The quantitative estimate of drug-likeness (QED) is 0.653. The van der Waals surface area contributed by atoms with Crippen LogP contribution in [0.15, 0.2) is 66.4 Å². The monoisotopic (exact) mass is 366 g/mol. The van der Waals surface area contributed by atoms with Gasteiger partial charge in [-0.1, -0.05) is 61.5 Å². The Kier molecular flexibility index (Phi) is 7.07. The molecule has 0 saturated carbocycles. The first kappa shape index (κ1) is 18.9. The Morgan fingerprint density at radius 1 is 0.962 bits per heavy atom. The fourth-order valence-corrected chi connectivity index (χ4v) is 4.56. The molecule has 1 fully saturated rings. The normalized spacial score (nSPS) is 15.4. The Morgan fingerprint density at radius 3 is 2.35 bits per heavy atom. The highest BCUT2D eigenvalue weighted by molar-refractivity contribution is 7.98. The molecule has 0 unspecified atom stereocenters. The number of para-hydroxylation sites is 1. The van der Waals surface area contributed by atoms with E-state index in [4.69, 9.17) is 0 Å². The first-order chi connectivity index (χ1) is 12.8. The van der Waals surface area contributed by atoms with Gasteiger partial charge in [-0.25, -0.2) is 0 Å². The fraction of sp³-hybridized carbons (Fsp3) is 0.391. The predicted molar refractivity (Wildman–Crippen MR) is 116 cm³/mol. The number of hydrogen-bond acceptors (Lipinski definition) is 3. The first-order valence-corrected chi connectivity index (χ1v) is 10.8. The zero-order valence-corrected chi connectivity index (χ0v) is 16.8. The van der Waals surface area contributed by atoms with E-state index < -0.39 is 0 Å². The summed E-state index contributed by atoms with van der Waals surface area (Å²) < 4.78 is 0. The molecule has 1 heterocycles. The van der Waals surface area contributed by atoms with E-state index in [0.717, 1.165) is 44.1 Å². The molecule has 2 nitrogen and oxygen atoms in total. The van der Waals surface area contributed by atoms with E-state index in [1.807, 2.05) is 11.8 Å². The molecule has 0 radical (unpaired) electrons. The molecule has 2 aromatic carbocycles. The van der Waals surface area contributed by atoms with E-state index in [9.17, 15) is 0 Å². The van der Waals surface area contributed by atoms with Crippen molar-refractivity contribution in [2.45, 2.75) is 26.0 Å². The molecule has 0 aromatic heterocycles. The molecule has 0 bridgehead atoms. The number of rotatable bonds is 7. The Labute approximate surface area is 162 Å². The summed E-state index contributed by atoms with van der Waals surface area (Å²) in [5.41, 5.74) is 5.70. The Bertz CT molecular complexity index is 703. The van der Waals surface area contributed by atoms with E-state index in [1.54, 1.807) is 0 Å². The van der Waals surface area contributed by atoms with Gasteiger partial charge >= 0.3 is 0 Å². The van der Waals surface area contributed by atoms with Crippen LogP contribution < -0.4 is 4.90 Å². The van der Waals surface area contributed by atoms with Crippen molar-refractivity contribution < 1.29 is 0 Å². The molecular formula is C23H30N2S. The number of nitrogens with zero attached hydrogens (tertiary/aromatic N) is 2. The molecule has 0 atom stereocenters. The molecule has 138 valence electrons.